The number of benzene rings is 1. The number of rotatable bonds is 4. The topological polar surface area (TPSA) is 38.0 Å². The molecule has 1 rings (SSSR count). The van der Waals surface area contributed by atoms with E-state index in [2.05, 4.69) is 18.3 Å². The fourth-order valence-electron chi connectivity index (χ4n) is 1.21. The summed E-state index contributed by atoms with van der Waals surface area (Å²) >= 11 is 6.01. The van der Waals surface area contributed by atoms with Crippen LogP contribution in [0.15, 0.2) is 18.2 Å². The zero-order valence-electron chi connectivity index (χ0n) is 8.68. The van der Waals surface area contributed by atoms with Gasteiger partial charge < -0.3 is 11.1 Å². The molecule has 0 aromatic heterocycles. The van der Waals surface area contributed by atoms with Gasteiger partial charge in [-0.05, 0) is 31.0 Å². The summed E-state index contributed by atoms with van der Waals surface area (Å²) in [7, 11) is 0. The normalized spacial score (nSPS) is 12.9. The summed E-state index contributed by atoms with van der Waals surface area (Å²) < 4.78 is 0. The molecule has 0 fully saturated rings. The Morgan fingerprint density at radius 1 is 1.50 bits per heavy atom. The highest BCUT2D eigenvalue weighted by Gasteiger charge is 2.03. The van der Waals surface area contributed by atoms with Crippen LogP contribution in [0.2, 0.25) is 5.02 Å². The quantitative estimate of drug-likeness (QED) is 0.802. The minimum atomic E-state index is 0.341. The van der Waals surface area contributed by atoms with Gasteiger partial charge in [-0.15, -0.1) is 0 Å². The smallest absolute Gasteiger partial charge is 0.0438 e. The third-order valence-electron chi connectivity index (χ3n) is 2.37. The Morgan fingerprint density at radius 3 is 2.86 bits per heavy atom. The van der Waals surface area contributed by atoms with Crippen molar-refractivity contribution < 1.29 is 0 Å². The molecule has 0 bridgehead atoms. The highest BCUT2D eigenvalue weighted by atomic mass is 35.5. The van der Waals surface area contributed by atoms with E-state index in [4.69, 9.17) is 17.3 Å². The minimum Gasteiger partial charge on any atom is -0.329 e. The van der Waals surface area contributed by atoms with E-state index < -0.39 is 0 Å². The van der Waals surface area contributed by atoms with Crippen molar-refractivity contribution in [1.82, 2.24) is 5.32 Å². The van der Waals surface area contributed by atoms with Crippen molar-refractivity contribution in [2.45, 2.75) is 26.4 Å². The molecule has 0 aliphatic rings. The van der Waals surface area contributed by atoms with E-state index in [9.17, 15) is 0 Å². The molecule has 1 aromatic rings. The predicted octanol–water partition coefficient (Wildman–Crippen LogP) is 2.09. The lowest BCUT2D eigenvalue weighted by Crippen LogP contribution is -2.32. The summed E-state index contributed by atoms with van der Waals surface area (Å²) in [4.78, 5) is 0. The molecule has 3 heteroatoms. The monoisotopic (exact) mass is 212 g/mol. The summed E-state index contributed by atoms with van der Waals surface area (Å²) in [6, 6.07) is 6.30. The molecule has 0 aliphatic heterocycles. The van der Waals surface area contributed by atoms with Crippen molar-refractivity contribution >= 4 is 11.6 Å². The van der Waals surface area contributed by atoms with Crippen molar-refractivity contribution in [3.63, 3.8) is 0 Å². The zero-order chi connectivity index (χ0) is 10.6. The molecule has 14 heavy (non-hydrogen) atoms. The van der Waals surface area contributed by atoms with Crippen molar-refractivity contribution in [2.75, 3.05) is 6.54 Å². The van der Waals surface area contributed by atoms with E-state index in [1.165, 1.54) is 5.56 Å². The molecule has 3 N–H and O–H groups in total. The predicted molar refractivity (Wildman–Crippen MR) is 61.5 cm³/mol. The first kappa shape index (κ1) is 11.5. The maximum atomic E-state index is 6.01. The molecule has 0 unspecified atom stereocenters. The summed E-state index contributed by atoms with van der Waals surface area (Å²) in [5.41, 5.74) is 7.89. The molecule has 2 nitrogen and oxygen atoms in total. The van der Waals surface area contributed by atoms with Crippen LogP contribution in [0.1, 0.15) is 18.1 Å². The Hall–Kier alpha value is -0.570. The lowest BCUT2D eigenvalue weighted by molar-refractivity contribution is 0.555. The molecule has 1 aromatic carbocycles. The van der Waals surface area contributed by atoms with Crippen LogP contribution in [0.3, 0.4) is 0 Å². The van der Waals surface area contributed by atoms with Crippen LogP contribution in [0, 0.1) is 6.92 Å². The molecule has 0 saturated heterocycles. The molecule has 0 radical (unpaired) electrons. The first-order valence-corrected chi connectivity index (χ1v) is 5.20. The average Bonchev–Trinajstić information content (AvgIpc) is 2.20. The molecule has 0 saturated carbocycles. The van der Waals surface area contributed by atoms with E-state index in [1.54, 1.807) is 0 Å². The maximum Gasteiger partial charge on any atom is 0.0438 e. The first-order chi connectivity index (χ1) is 6.65. The third-order valence-corrected chi connectivity index (χ3v) is 2.78. The second kappa shape index (κ2) is 5.35. The fraction of sp³-hybridized carbons (Fsp3) is 0.455. The van der Waals surface area contributed by atoms with Crippen LogP contribution in [0.5, 0.6) is 0 Å². The summed E-state index contributed by atoms with van der Waals surface area (Å²) in [6.45, 7) is 5.58. The van der Waals surface area contributed by atoms with Gasteiger partial charge in [0.05, 0.1) is 0 Å². The van der Waals surface area contributed by atoms with E-state index in [0.29, 0.717) is 12.6 Å². The van der Waals surface area contributed by atoms with Gasteiger partial charge in [-0.25, -0.2) is 0 Å². The molecular formula is C11H17ClN2. The minimum absolute atomic E-state index is 0.341. The van der Waals surface area contributed by atoms with Crippen LogP contribution in [0.4, 0.5) is 0 Å². The SMILES string of the molecule is Cc1c(Cl)cccc1CN[C@@H](C)CN. The van der Waals surface area contributed by atoms with Crippen LogP contribution >= 0.6 is 11.6 Å². The zero-order valence-corrected chi connectivity index (χ0v) is 9.43. The van der Waals surface area contributed by atoms with Gasteiger partial charge in [-0.3, -0.25) is 0 Å². The number of hydrogen-bond acceptors (Lipinski definition) is 2. The Morgan fingerprint density at radius 2 is 2.21 bits per heavy atom. The van der Waals surface area contributed by atoms with Crippen molar-refractivity contribution in [3.05, 3.63) is 34.3 Å². The van der Waals surface area contributed by atoms with Gasteiger partial charge in [0.1, 0.15) is 0 Å². The van der Waals surface area contributed by atoms with E-state index in [1.807, 2.05) is 19.1 Å². The fourth-order valence-corrected chi connectivity index (χ4v) is 1.41. The van der Waals surface area contributed by atoms with Crippen LogP contribution in [-0.2, 0) is 6.54 Å². The van der Waals surface area contributed by atoms with Gasteiger partial charge in [-0.2, -0.15) is 0 Å². The summed E-state index contributed by atoms with van der Waals surface area (Å²) in [5, 5.41) is 4.16. The van der Waals surface area contributed by atoms with Gasteiger partial charge >= 0.3 is 0 Å². The van der Waals surface area contributed by atoms with Gasteiger partial charge in [0.15, 0.2) is 0 Å². The number of nitrogens with one attached hydrogen (secondary N) is 1. The van der Waals surface area contributed by atoms with Crippen molar-refractivity contribution in [2.24, 2.45) is 5.73 Å². The number of hydrogen-bond donors (Lipinski definition) is 2. The van der Waals surface area contributed by atoms with Gasteiger partial charge in [0, 0.05) is 24.2 Å². The van der Waals surface area contributed by atoms with Crippen LogP contribution < -0.4 is 11.1 Å². The first-order valence-electron chi connectivity index (χ1n) is 4.82. The Kier molecular flexibility index (Phi) is 4.39. The number of halogens is 1. The summed E-state index contributed by atoms with van der Waals surface area (Å²) in [5.74, 6) is 0. The molecule has 0 amide bonds. The number of nitrogens with two attached hydrogens (primary N) is 1. The Bertz CT molecular complexity index is 299. The molecule has 0 heterocycles. The highest BCUT2D eigenvalue weighted by Crippen LogP contribution is 2.18. The van der Waals surface area contributed by atoms with Crippen molar-refractivity contribution in [1.29, 1.82) is 0 Å². The second-order valence-corrected chi connectivity index (χ2v) is 3.95. The van der Waals surface area contributed by atoms with Gasteiger partial charge in [0.2, 0.25) is 0 Å². The molecule has 1 atom stereocenters. The van der Waals surface area contributed by atoms with Crippen LogP contribution in [-0.4, -0.2) is 12.6 Å². The average molecular weight is 213 g/mol. The lowest BCUT2D eigenvalue weighted by Gasteiger charge is -2.13. The van der Waals surface area contributed by atoms with E-state index in [-0.39, 0.29) is 0 Å². The lowest BCUT2D eigenvalue weighted by atomic mass is 10.1. The second-order valence-electron chi connectivity index (χ2n) is 3.54. The molecule has 78 valence electrons. The Labute approximate surface area is 90.4 Å². The van der Waals surface area contributed by atoms with Crippen molar-refractivity contribution in [3.8, 4) is 0 Å². The van der Waals surface area contributed by atoms with Gasteiger partial charge in [-0.1, -0.05) is 23.7 Å². The molecule has 0 spiro atoms. The standard InChI is InChI=1S/C11H17ClN2/c1-8(6-13)14-7-10-4-3-5-11(12)9(10)2/h3-5,8,14H,6-7,13H2,1-2H3/t8-/m0/s1. The Balaban J connectivity index is 2.63. The molecule has 0 aliphatic carbocycles. The van der Waals surface area contributed by atoms with Crippen LogP contribution in [0.25, 0.3) is 0 Å². The third kappa shape index (κ3) is 2.98. The highest BCUT2D eigenvalue weighted by molar-refractivity contribution is 6.31. The van der Waals surface area contributed by atoms with Gasteiger partial charge in [0.25, 0.3) is 0 Å². The van der Waals surface area contributed by atoms with E-state index >= 15 is 0 Å². The largest absolute Gasteiger partial charge is 0.329 e. The molecular weight excluding hydrogens is 196 g/mol. The van der Waals surface area contributed by atoms with E-state index in [0.717, 1.165) is 17.1 Å². The maximum absolute atomic E-state index is 6.01. The summed E-state index contributed by atoms with van der Waals surface area (Å²) in [6.07, 6.45) is 0.